The first kappa shape index (κ1) is 13.4. The van der Waals surface area contributed by atoms with E-state index in [1.54, 1.807) is 13.2 Å². The molecule has 21 heavy (non-hydrogen) atoms. The SMILES string of the molecule is COc1cccc2c1CCN(c1cccc(C(=O)O)n1)C2. The summed E-state index contributed by atoms with van der Waals surface area (Å²) in [5, 5.41) is 9.04. The van der Waals surface area contributed by atoms with E-state index >= 15 is 0 Å². The molecule has 0 unspecified atom stereocenters. The lowest BCUT2D eigenvalue weighted by Crippen LogP contribution is -2.31. The van der Waals surface area contributed by atoms with Gasteiger partial charge in [0.25, 0.3) is 0 Å². The number of benzene rings is 1. The predicted molar refractivity (Wildman–Crippen MR) is 78.9 cm³/mol. The fraction of sp³-hybridized carbons (Fsp3) is 0.250. The molecule has 0 bridgehead atoms. The van der Waals surface area contributed by atoms with Crippen LogP contribution in [0.1, 0.15) is 21.6 Å². The number of carboxylic acids is 1. The number of hydrogen-bond donors (Lipinski definition) is 1. The molecule has 2 aromatic rings. The van der Waals surface area contributed by atoms with Crippen molar-refractivity contribution in [3.8, 4) is 5.75 Å². The Morgan fingerprint density at radius 2 is 2.10 bits per heavy atom. The van der Waals surface area contributed by atoms with E-state index in [0.29, 0.717) is 12.4 Å². The second-order valence-corrected chi connectivity index (χ2v) is 4.96. The third-order valence-corrected chi connectivity index (χ3v) is 3.72. The van der Waals surface area contributed by atoms with Crippen LogP contribution in [0.5, 0.6) is 5.75 Å². The quantitative estimate of drug-likeness (QED) is 0.937. The van der Waals surface area contributed by atoms with Crippen LogP contribution in [0.3, 0.4) is 0 Å². The molecule has 2 heterocycles. The zero-order valence-electron chi connectivity index (χ0n) is 11.7. The smallest absolute Gasteiger partial charge is 0.354 e. The molecule has 0 aliphatic carbocycles. The number of carbonyl (C=O) groups is 1. The average molecular weight is 284 g/mol. The van der Waals surface area contributed by atoms with Crippen molar-refractivity contribution in [1.82, 2.24) is 4.98 Å². The second kappa shape index (κ2) is 5.44. The minimum Gasteiger partial charge on any atom is -0.496 e. The molecule has 3 rings (SSSR count). The predicted octanol–water partition coefficient (Wildman–Crippen LogP) is 2.35. The molecule has 1 aromatic carbocycles. The van der Waals surface area contributed by atoms with Gasteiger partial charge in [-0.1, -0.05) is 18.2 Å². The molecular weight excluding hydrogens is 268 g/mol. The van der Waals surface area contributed by atoms with Gasteiger partial charge in [-0.3, -0.25) is 0 Å². The van der Waals surface area contributed by atoms with Crippen molar-refractivity contribution in [3.63, 3.8) is 0 Å². The summed E-state index contributed by atoms with van der Waals surface area (Å²) in [7, 11) is 1.68. The lowest BCUT2D eigenvalue weighted by atomic mass is 9.98. The number of hydrogen-bond acceptors (Lipinski definition) is 4. The Bertz CT molecular complexity index is 685. The van der Waals surface area contributed by atoms with Crippen LogP contribution in [0.2, 0.25) is 0 Å². The van der Waals surface area contributed by atoms with Crippen molar-refractivity contribution in [2.45, 2.75) is 13.0 Å². The zero-order chi connectivity index (χ0) is 14.8. The molecule has 5 heteroatoms. The number of methoxy groups -OCH3 is 1. The minimum atomic E-state index is -1.00. The van der Waals surface area contributed by atoms with Crippen molar-refractivity contribution in [2.24, 2.45) is 0 Å². The third kappa shape index (κ3) is 2.54. The number of nitrogens with zero attached hydrogens (tertiary/aromatic N) is 2. The first-order valence-corrected chi connectivity index (χ1v) is 6.79. The maximum Gasteiger partial charge on any atom is 0.354 e. The Morgan fingerprint density at radius 1 is 1.29 bits per heavy atom. The maximum atomic E-state index is 11.0. The molecular formula is C16H16N2O3. The van der Waals surface area contributed by atoms with Crippen LogP contribution in [-0.4, -0.2) is 29.7 Å². The first-order valence-electron chi connectivity index (χ1n) is 6.79. The van der Waals surface area contributed by atoms with Gasteiger partial charge in [0.15, 0.2) is 5.69 Å². The Labute approximate surface area is 122 Å². The Kier molecular flexibility index (Phi) is 3.48. The summed E-state index contributed by atoms with van der Waals surface area (Å²) in [6.45, 7) is 1.51. The van der Waals surface area contributed by atoms with E-state index in [0.717, 1.165) is 18.7 Å². The summed E-state index contributed by atoms with van der Waals surface area (Å²) >= 11 is 0. The Hall–Kier alpha value is -2.56. The molecule has 1 aliphatic heterocycles. The highest BCUT2D eigenvalue weighted by atomic mass is 16.5. The number of fused-ring (bicyclic) bond motifs is 1. The fourth-order valence-electron chi connectivity index (χ4n) is 2.68. The van der Waals surface area contributed by atoms with Crippen molar-refractivity contribution in [2.75, 3.05) is 18.6 Å². The van der Waals surface area contributed by atoms with Crippen LogP contribution in [-0.2, 0) is 13.0 Å². The summed E-state index contributed by atoms with van der Waals surface area (Å²) in [6.07, 6.45) is 0.859. The van der Waals surface area contributed by atoms with Crippen LogP contribution in [0, 0.1) is 0 Å². The normalized spacial score (nSPS) is 13.7. The second-order valence-electron chi connectivity index (χ2n) is 4.96. The molecule has 0 amide bonds. The topological polar surface area (TPSA) is 62.7 Å². The van der Waals surface area contributed by atoms with Crippen molar-refractivity contribution < 1.29 is 14.6 Å². The van der Waals surface area contributed by atoms with E-state index in [1.165, 1.54) is 17.2 Å². The van der Waals surface area contributed by atoms with Gasteiger partial charge in [0.05, 0.1) is 7.11 Å². The number of rotatable bonds is 3. The van der Waals surface area contributed by atoms with Gasteiger partial charge in [-0.25, -0.2) is 9.78 Å². The molecule has 108 valence electrons. The van der Waals surface area contributed by atoms with E-state index in [1.807, 2.05) is 18.2 Å². The number of pyridine rings is 1. The van der Waals surface area contributed by atoms with Gasteiger partial charge in [0.2, 0.25) is 0 Å². The highest BCUT2D eigenvalue weighted by Gasteiger charge is 2.20. The van der Waals surface area contributed by atoms with Crippen molar-refractivity contribution >= 4 is 11.8 Å². The molecule has 1 N–H and O–H groups in total. The minimum absolute atomic E-state index is 0.0731. The number of ether oxygens (including phenoxy) is 1. The lowest BCUT2D eigenvalue weighted by Gasteiger charge is -2.30. The number of anilines is 1. The van der Waals surface area contributed by atoms with Crippen LogP contribution in [0.4, 0.5) is 5.82 Å². The Morgan fingerprint density at radius 3 is 2.86 bits per heavy atom. The monoisotopic (exact) mass is 284 g/mol. The molecule has 0 saturated carbocycles. The van der Waals surface area contributed by atoms with Gasteiger partial charge in [-0.05, 0) is 30.2 Å². The van der Waals surface area contributed by atoms with E-state index < -0.39 is 5.97 Å². The highest BCUT2D eigenvalue weighted by molar-refractivity contribution is 5.85. The van der Waals surface area contributed by atoms with Gasteiger partial charge in [0.1, 0.15) is 11.6 Å². The van der Waals surface area contributed by atoms with Crippen molar-refractivity contribution in [3.05, 3.63) is 53.2 Å². The number of aromatic carboxylic acids is 1. The summed E-state index contributed by atoms with van der Waals surface area (Å²) in [4.78, 5) is 17.3. The van der Waals surface area contributed by atoms with Crippen molar-refractivity contribution in [1.29, 1.82) is 0 Å². The molecule has 0 spiro atoms. The molecule has 5 nitrogen and oxygen atoms in total. The Balaban J connectivity index is 1.90. The van der Waals surface area contributed by atoms with E-state index in [9.17, 15) is 4.79 Å². The summed E-state index contributed by atoms with van der Waals surface area (Å²) in [5.41, 5.74) is 2.50. The van der Waals surface area contributed by atoms with Crippen LogP contribution in [0.25, 0.3) is 0 Å². The summed E-state index contributed by atoms with van der Waals surface area (Å²) in [6, 6.07) is 11.1. The molecule has 0 saturated heterocycles. The van der Waals surface area contributed by atoms with Gasteiger partial charge >= 0.3 is 5.97 Å². The van der Waals surface area contributed by atoms with Gasteiger partial charge in [-0.2, -0.15) is 0 Å². The van der Waals surface area contributed by atoms with E-state index in [4.69, 9.17) is 9.84 Å². The molecule has 0 atom stereocenters. The molecule has 0 fully saturated rings. The average Bonchev–Trinajstić information content (AvgIpc) is 2.53. The standard InChI is InChI=1S/C16H16N2O3/c1-21-14-6-2-4-11-10-18(9-8-12(11)14)15-7-3-5-13(17-15)16(19)20/h2-7H,8-10H2,1H3,(H,19,20). The first-order chi connectivity index (χ1) is 10.2. The third-order valence-electron chi connectivity index (χ3n) is 3.72. The van der Waals surface area contributed by atoms with Gasteiger partial charge in [-0.15, -0.1) is 0 Å². The lowest BCUT2D eigenvalue weighted by molar-refractivity contribution is 0.0690. The van der Waals surface area contributed by atoms with Crippen LogP contribution in [0.15, 0.2) is 36.4 Å². The summed E-state index contributed by atoms with van der Waals surface area (Å²) < 4.78 is 5.39. The molecule has 1 aromatic heterocycles. The number of aromatic nitrogens is 1. The van der Waals surface area contributed by atoms with E-state index in [-0.39, 0.29) is 5.69 Å². The van der Waals surface area contributed by atoms with Gasteiger partial charge < -0.3 is 14.7 Å². The highest BCUT2D eigenvalue weighted by Crippen LogP contribution is 2.29. The van der Waals surface area contributed by atoms with Crippen LogP contribution >= 0.6 is 0 Å². The molecule has 1 aliphatic rings. The molecule has 0 radical (unpaired) electrons. The number of carboxylic acid groups (broad SMARTS) is 1. The zero-order valence-corrected chi connectivity index (χ0v) is 11.7. The largest absolute Gasteiger partial charge is 0.496 e. The maximum absolute atomic E-state index is 11.0. The summed E-state index contributed by atoms with van der Waals surface area (Å²) in [5.74, 6) is 0.610. The van der Waals surface area contributed by atoms with Crippen LogP contribution < -0.4 is 9.64 Å². The fourth-order valence-corrected chi connectivity index (χ4v) is 2.68. The van der Waals surface area contributed by atoms with E-state index in [2.05, 4.69) is 16.0 Å². The van der Waals surface area contributed by atoms with Gasteiger partial charge in [0, 0.05) is 18.7 Å².